The highest BCUT2D eigenvalue weighted by molar-refractivity contribution is 5.80. The van der Waals surface area contributed by atoms with Crippen molar-refractivity contribution in [3.05, 3.63) is 40.2 Å². The van der Waals surface area contributed by atoms with Crippen molar-refractivity contribution in [3.63, 3.8) is 0 Å². The largest absolute Gasteiger partial charge is 0.491 e. The number of H-pyrrole nitrogens is 1. The molecular weight excluding hydrogens is 338 g/mol. The Morgan fingerprint density at radius 2 is 1.52 bits per heavy atom. The summed E-state index contributed by atoms with van der Waals surface area (Å²) >= 11 is 0. The molecule has 0 unspecified atom stereocenters. The molecule has 0 saturated heterocycles. The number of hydrogen-bond donors (Lipinski definition) is 1. The Labute approximate surface area is 162 Å². The topological polar surface area (TPSA) is 59.2 Å². The fourth-order valence-corrected chi connectivity index (χ4v) is 3.57. The van der Waals surface area contributed by atoms with Crippen LogP contribution in [0, 0.1) is 0 Å². The highest BCUT2D eigenvalue weighted by Crippen LogP contribution is 2.19. The van der Waals surface area contributed by atoms with Crippen molar-refractivity contribution in [2.75, 3.05) is 7.11 Å². The summed E-state index contributed by atoms with van der Waals surface area (Å²) < 4.78 is 5.38. The van der Waals surface area contributed by atoms with Crippen molar-refractivity contribution < 1.29 is 9.53 Å². The second-order valence-electron chi connectivity index (χ2n) is 7.40. The fraction of sp³-hybridized carbons (Fsp3) is 0.565. The third-order valence-electron chi connectivity index (χ3n) is 5.10. The predicted octanol–water partition coefficient (Wildman–Crippen LogP) is 5.57. The molecule has 148 valence electrons. The number of Topliss-reactive ketones (excluding diaryl/α,β-unsaturated/α-hetero) is 1. The molecule has 27 heavy (non-hydrogen) atoms. The Bertz CT molecular complexity index is 779. The van der Waals surface area contributed by atoms with Gasteiger partial charge < -0.3 is 14.5 Å². The van der Waals surface area contributed by atoms with Gasteiger partial charge in [0.1, 0.15) is 5.78 Å². The second-order valence-corrected chi connectivity index (χ2v) is 7.40. The van der Waals surface area contributed by atoms with Crippen LogP contribution in [0.3, 0.4) is 0 Å². The van der Waals surface area contributed by atoms with E-state index in [2.05, 4.69) is 4.98 Å². The Hall–Kier alpha value is -2.10. The molecule has 0 atom stereocenters. The first-order valence-electron chi connectivity index (χ1n) is 10.3. The van der Waals surface area contributed by atoms with Crippen molar-refractivity contribution in [2.45, 2.75) is 77.6 Å². The second kappa shape index (κ2) is 11.6. The maximum Gasteiger partial charge on any atom is 0.231 e. The van der Waals surface area contributed by atoms with Gasteiger partial charge in [-0.1, -0.05) is 57.1 Å². The number of ether oxygens (including phenoxy) is 1. The number of pyridine rings is 1. The summed E-state index contributed by atoms with van der Waals surface area (Å²) in [5.41, 5.74) is 1.77. The monoisotopic (exact) mass is 371 g/mol. The van der Waals surface area contributed by atoms with Gasteiger partial charge in [-0.25, -0.2) is 0 Å². The van der Waals surface area contributed by atoms with Crippen LogP contribution in [-0.2, 0) is 11.2 Å². The van der Waals surface area contributed by atoms with E-state index in [1.165, 1.54) is 44.9 Å². The van der Waals surface area contributed by atoms with E-state index in [1.807, 2.05) is 24.3 Å². The van der Waals surface area contributed by atoms with Crippen molar-refractivity contribution in [1.29, 1.82) is 0 Å². The standard InChI is InChI=1S/C23H33NO3/c1-18(25)14-10-8-6-4-3-5-7-9-11-17-21-23(27-2)22(26)19-15-12-13-16-20(19)24-21/h12-13,15-16H,3-11,14,17H2,1-2H3,(H,24,26). The van der Waals surface area contributed by atoms with Gasteiger partial charge in [0.25, 0.3) is 0 Å². The van der Waals surface area contributed by atoms with Crippen LogP contribution in [0.5, 0.6) is 5.75 Å². The van der Waals surface area contributed by atoms with Crippen LogP contribution in [0.2, 0.25) is 0 Å². The molecule has 4 heteroatoms. The summed E-state index contributed by atoms with van der Waals surface area (Å²) in [5.74, 6) is 0.763. The van der Waals surface area contributed by atoms with Gasteiger partial charge in [0.2, 0.25) is 5.43 Å². The Balaban J connectivity index is 1.67. The summed E-state index contributed by atoms with van der Waals surface area (Å²) in [6.07, 6.45) is 12.3. The number of unbranched alkanes of at least 4 members (excludes halogenated alkanes) is 8. The zero-order chi connectivity index (χ0) is 19.5. The number of aromatic nitrogens is 1. The molecule has 0 bridgehead atoms. The molecule has 0 aliphatic heterocycles. The van der Waals surface area contributed by atoms with Gasteiger partial charge >= 0.3 is 0 Å². The number of fused-ring (bicyclic) bond motifs is 1. The van der Waals surface area contributed by atoms with Gasteiger partial charge in [0.15, 0.2) is 5.75 Å². The summed E-state index contributed by atoms with van der Waals surface area (Å²) in [4.78, 5) is 26.8. The molecule has 0 spiro atoms. The number of carbonyl (C=O) groups excluding carboxylic acids is 1. The number of carbonyl (C=O) groups is 1. The van der Waals surface area contributed by atoms with Gasteiger partial charge in [0.05, 0.1) is 12.8 Å². The average Bonchev–Trinajstić information content (AvgIpc) is 2.66. The van der Waals surface area contributed by atoms with Crippen LogP contribution in [0.25, 0.3) is 10.9 Å². The molecule has 0 amide bonds. The molecule has 1 heterocycles. The van der Waals surface area contributed by atoms with Gasteiger partial charge in [-0.3, -0.25) is 4.79 Å². The van der Waals surface area contributed by atoms with Crippen molar-refractivity contribution in [3.8, 4) is 5.75 Å². The molecule has 0 radical (unpaired) electrons. The lowest BCUT2D eigenvalue weighted by molar-refractivity contribution is -0.117. The average molecular weight is 372 g/mol. The van der Waals surface area contributed by atoms with Gasteiger partial charge in [-0.05, 0) is 38.3 Å². The fourth-order valence-electron chi connectivity index (χ4n) is 3.57. The van der Waals surface area contributed by atoms with E-state index in [-0.39, 0.29) is 5.43 Å². The number of aromatic amines is 1. The minimum absolute atomic E-state index is 0.0216. The number of nitrogens with one attached hydrogen (secondary N) is 1. The maximum absolute atomic E-state index is 12.5. The predicted molar refractivity (Wildman–Crippen MR) is 112 cm³/mol. The highest BCUT2D eigenvalue weighted by Gasteiger charge is 2.11. The third-order valence-corrected chi connectivity index (χ3v) is 5.10. The first-order chi connectivity index (χ1) is 13.1. The molecule has 1 N–H and O–H groups in total. The van der Waals surface area contributed by atoms with Crippen LogP contribution in [0.1, 0.15) is 76.8 Å². The van der Waals surface area contributed by atoms with Gasteiger partial charge in [-0.2, -0.15) is 0 Å². The summed E-state index contributed by atoms with van der Waals surface area (Å²) in [7, 11) is 1.57. The normalized spacial score (nSPS) is 11.0. The summed E-state index contributed by atoms with van der Waals surface area (Å²) in [5, 5.41) is 0.682. The van der Waals surface area contributed by atoms with E-state index in [4.69, 9.17) is 4.74 Å². The number of para-hydroxylation sites is 1. The Morgan fingerprint density at radius 1 is 0.926 bits per heavy atom. The van der Waals surface area contributed by atoms with Crippen molar-refractivity contribution in [1.82, 2.24) is 4.98 Å². The first-order valence-corrected chi connectivity index (χ1v) is 10.3. The minimum Gasteiger partial charge on any atom is -0.491 e. The van der Waals surface area contributed by atoms with Crippen LogP contribution < -0.4 is 10.2 Å². The number of benzene rings is 1. The van der Waals surface area contributed by atoms with Gasteiger partial charge in [-0.15, -0.1) is 0 Å². The van der Waals surface area contributed by atoms with Crippen molar-refractivity contribution in [2.24, 2.45) is 0 Å². The smallest absolute Gasteiger partial charge is 0.231 e. The SMILES string of the molecule is COc1c(CCCCCCCCCCCC(C)=O)[nH]c2ccccc2c1=O. The van der Waals surface area contributed by atoms with E-state index in [0.29, 0.717) is 16.9 Å². The summed E-state index contributed by atoms with van der Waals surface area (Å²) in [6.45, 7) is 1.67. The zero-order valence-corrected chi connectivity index (χ0v) is 16.8. The number of hydrogen-bond acceptors (Lipinski definition) is 3. The highest BCUT2D eigenvalue weighted by atomic mass is 16.5. The lowest BCUT2D eigenvalue weighted by atomic mass is 10.0. The van der Waals surface area contributed by atoms with E-state index < -0.39 is 0 Å². The molecule has 0 aliphatic rings. The minimum atomic E-state index is -0.0216. The molecule has 2 aromatic rings. The third kappa shape index (κ3) is 6.85. The Kier molecular flexibility index (Phi) is 9.09. The molecule has 1 aromatic heterocycles. The van der Waals surface area contributed by atoms with E-state index in [9.17, 15) is 9.59 Å². The molecule has 4 nitrogen and oxygen atoms in total. The van der Waals surface area contributed by atoms with Crippen molar-refractivity contribution >= 4 is 16.7 Å². The maximum atomic E-state index is 12.5. The molecule has 0 fully saturated rings. The van der Waals surface area contributed by atoms with Crippen LogP contribution in [0.4, 0.5) is 0 Å². The lowest BCUT2D eigenvalue weighted by Crippen LogP contribution is -2.11. The number of rotatable bonds is 13. The van der Waals surface area contributed by atoms with Crippen LogP contribution in [0.15, 0.2) is 29.1 Å². The molecule has 2 rings (SSSR count). The molecule has 0 saturated carbocycles. The Morgan fingerprint density at radius 3 is 2.15 bits per heavy atom. The van der Waals surface area contributed by atoms with Gasteiger partial charge in [0, 0.05) is 17.3 Å². The number of ketones is 1. The van der Waals surface area contributed by atoms with E-state index >= 15 is 0 Å². The summed E-state index contributed by atoms with van der Waals surface area (Å²) in [6, 6.07) is 7.59. The zero-order valence-electron chi connectivity index (χ0n) is 16.8. The van der Waals surface area contributed by atoms with E-state index in [1.54, 1.807) is 14.0 Å². The molecular formula is C23H33NO3. The molecule has 0 aliphatic carbocycles. The first kappa shape index (κ1) is 21.2. The lowest BCUT2D eigenvalue weighted by Gasteiger charge is -2.10. The number of methoxy groups -OCH3 is 1. The van der Waals surface area contributed by atoms with Crippen LogP contribution >= 0.6 is 0 Å². The number of aryl methyl sites for hydroxylation is 1. The van der Waals surface area contributed by atoms with Crippen LogP contribution in [-0.4, -0.2) is 17.9 Å². The quantitative estimate of drug-likeness (QED) is 0.468. The van der Waals surface area contributed by atoms with E-state index in [0.717, 1.165) is 36.9 Å². The molecule has 1 aromatic carbocycles.